The lowest BCUT2D eigenvalue weighted by Crippen LogP contribution is -2.12. The van der Waals surface area contributed by atoms with Crippen LogP contribution in [0.15, 0.2) is 90.0 Å². The van der Waals surface area contributed by atoms with E-state index in [1.54, 1.807) is 79.0 Å². The first kappa shape index (κ1) is 18.0. The minimum Gasteiger partial charge on any atom is -0.322 e. The van der Waals surface area contributed by atoms with Gasteiger partial charge in [0.25, 0.3) is 15.9 Å². The van der Waals surface area contributed by atoms with Crippen LogP contribution >= 0.6 is 0 Å². The van der Waals surface area contributed by atoms with E-state index >= 15 is 0 Å². The number of benzene rings is 3. The van der Waals surface area contributed by atoms with Crippen molar-refractivity contribution in [3.63, 3.8) is 0 Å². The van der Waals surface area contributed by atoms with Gasteiger partial charge in [-0.25, -0.2) is 12.4 Å². The van der Waals surface area contributed by atoms with Gasteiger partial charge in [0.15, 0.2) is 0 Å². The fourth-order valence-corrected chi connectivity index (χ4v) is 4.58. The highest BCUT2D eigenvalue weighted by molar-refractivity contribution is 7.90. The Bertz CT molecular complexity index is 1260. The van der Waals surface area contributed by atoms with Gasteiger partial charge in [-0.15, -0.1) is 0 Å². The molecule has 0 unspecified atom stereocenters. The molecule has 1 aromatic heterocycles. The number of hydrogen-bond acceptors (Lipinski definition) is 3. The Morgan fingerprint density at radius 2 is 1.54 bits per heavy atom. The summed E-state index contributed by atoms with van der Waals surface area (Å²) in [5.74, 6) is -0.214. The number of rotatable bonds is 4. The van der Waals surface area contributed by atoms with Gasteiger partial charge in [0.05, 0.1) is 10.4 Å². The van der Waals surface area contributed by atoms with E-state index in [0.717, 1.165) is 10.9 Å². The summed E-state index contributed by atoms with van der Waals surface area (Å²) in [5, 5.41) is 3.63. The molecule has 0 saturated heterocycles. The Kier molecular flexibility index (Phi) is 4.49. The number of carbonyl (C=O) groups is 1. The number of amides is 1. The lowest BCUT2D eigenvalue weighted by molar-refractivity contribution is 0.102. The smallest absolute Gasteiger partial charge is 0.268 e. The van der Waals surface area contributed by atoms with E-state index in [2.05, 4.69) is 5.32 Å². The Balaban J connectivity index is 1.73. The quantitative estimate of drug-likeness (QED) is 0.560. The first-order valence-electron chi connectivity index (χ1n) is 8.75. The summed E-state index contributed by atoms with van der Waals surface area (Å²) in [6, 6.07) is 22.5. The number of aryl methyl sites for hydroxylation is 1. The Morgan fingerprint density at radius 3 is 2.21 bits per heavy atom. The normalized spacial score (nSPS) is 11.5. The number of hydrogen-bond donors (Lipinski definition) is 1. The van der Waals surface area contributed by atoms with Gasteiger partial charge < -0.3 is 5.32 Å². The third-order valence-electron chi connectivity index (χ3n) is 4.56. The molecule has 28 heavy (non-hydrogen) atoms. The van der Waals surface area contributed by atoms with E-state index in [1.807, 2.05) is 13.0 Å². The van der Waals surface area contributed by atoms with Crippen LogP contribution in [0.1, 0.15) is 15.9 Å². The zero-order valence-electron chi connectivity index (χ0n) is 15.2. The molecular formula is C22H18N2O3S. The van der Waals surface area contributed by atoms with Crippen LogP contribution in [0.25, 0.3) is 10.9 Å². The van der Waals surface area contributed by atoms with Crippen molar-refractivity contribution in [2.45, 2.75) is 11.8 Å². The second-order valence-corrected chi connectivity index (χ2v) is 8.29. The van der Waals surface area contributed by atoms with Crippen LogP contribution < -0.4 is 5.32 Å². The van der Waals surface area contributed by atoms with Gasteiger partial charge in [-0.2, -0.15) is 0 Å². The molecule has 0 atom stereocenters. The Hall–Kier alpha value is -3.38. The van der Waals surface area contributed by atoms with Crippen molar-refractivity contribution in [3.8, 4) is 0 Å². The average Bonchev–Trinajstić information content (AvgIpc) is 3.06. The zero-order chi connectivity index (χ0) is 19.7. The van der Waals surface area contributed by atoms with E-state index in [9.17, 15) is 13.2 Å². The fourth-order valence-electron chi connectivity index (χ4n) is 3.13. The lowest BCUT2D eigenvalue weighted by Gasteiger charge is -2.09. The molecule has 0 aliphatic rings. The number of fused-ring (bicyclic) bond motifs is 1. The molecular weight excluding hydrogens is 372 g/mol. The van der Waals surface area contributed by atoms with Crippen LogP contribution in [0.2, 0.25) is 0 Å². The van der Waals surface area contributed by atoms with Crippen molar-refractivity contribution in [2.24, 2.45) is 0 Å². The highest BCUT2D eigenvalue weighted by Crippen LogP contribution is 2.28. The standard InChI is InChI=1S/C22H18N2O3S/c1-16-15-24(28(26,27)19-10-6-3-7-11-19)21-13-12-18(14-20(16)21)23-22(25)17-8-4-2-5-9-17/h2-15H,1H3,(H,23,25). The molecule has 0 aliphatic carbocycles. The van der Waals surface area contributed by atoms with E-state index in [0.29, 0.717) is 16.8 Å². The topological polar surface area (TPSA) is 68.2 Å². The molecule has 1 N–H and O–H groups in total. The summed E-state index contributed by atoms with van der Waals surface area (Å²) in [6.07, 6.45) is 1.61. The molecule has 0 fully saturated rings. The number of nitrogens with zero attached hydrogens (tertiary/aromatic N) is 1. The Morgan fingerprint density at radius 1 is 0.893 bits per heavy atom. The molecule has 3 aromatic carbocycles. The predicted octanol–water partition coefficient (Wildman–Crippen LogP) is 4.44. The molecule has 4 aromatic rings. The van der Waals surface area contributed by atoms with Gasteiger partial charge in [0, 0.05) is 22.8 Å². The highest BCUT2D eigenvalue weighted by atomic mass is 32.2. The molecule has 0 saturated carbocycles. The second-order valence-electron chi connectivity index (χ2n) is 6.48. The van der Waals surface area contributed by atoms with Crippen LogP contribution in [0.3, 0.4) is 0 Å². The van der Waals surface area contributed by atoms with Crippen molar-refractivity contribution in [1.82, 2.24) is 3.97 Å². The summed E-state index contributed by atoms with van der Waals surface area (Å²) >= 11 is 0. The van der Waals surface area contributed by atoms with Gasteiger partial charge in [-0.3, -0.25) is 4.79 Å². The summed E-state index contributed by atoms with van der Waals surface area (Å²) in [6.45, 7) is 1.85. The van der Waals surface area contributed by atoms with Gasteiger partial charge in [0.1, 0.15) is 0 Å². The van der Waals surface area contributed by atoms with Crippen LogP contribution in [0.4, 0.5) is 5.69 Å². The van der Waals surface area contributed by atoms with Crippen LogP contribution in [0.5, 0.6) is 0 Å². The molecule has 6 heteroatoms. The minimum absolute atomic E-state index is 0.214. The van der Waals surface area contributed by atoms with Crippen molar-refractivity contribution in [2.75, 3.05) is 5.32 Å². The van der Waals surface area contributed by atoms with Crippen molar-refractivity contribution < 1.29 is 13.2 Å². The maximum atomic E-state index is 13.0. The van der Waals surface area contributed by atoms with Gasteiger partial charge in [-0.1, -0.05) is 36.4 Å². The molecule has 5 nitrogen and oxygen atoms in total. The fraction of sp³-hybridized carbons (Fsp3) is 0.0455. The maximum absolute atomic E-state index is 13.0. The molecule has 0 bridgehead atoms. The van der Waals surface area contributed by atoms with Crippen molar-refractivity contribution in [3.05, 3.63) is 96.2 Å². The minimum atomic E-state index is -3.69. The molecule has 0 radical (unpaired) electrons. The highest BCUT2D eigenvalue weighted by Gasteiger charge is 2.20. The predicted molar refractivity (Wildman–Crippen MR) is 110 cm³/mol. The summed E-state index contributed by atoms with van der Waals surface area (Å²) in [5.41, 5.74) is 2.55. The first-order chi connectivity index (χ1) is 13.5. The number of carbonyl (C=O) groups excluding carboxylic acids is 1. The first-order valence-corrected chi connectivity index (χ1v) is 10.2. The molecule has 1 amide bonds. The zero-order valence-corrected chi connectivity index (χ0v) is 16.0. The van der Waals surface area contributed by atoms with Crippen LogP contribution in [-0.2, 0) is 10.0 Å². The van der Waals surface area contributed by atoms with E-state index in [-0.39, 0.29) is 10.8 Å². The van der Waals surface area contributed by atoms with Crippen LogP contribution in [0, 0.1) is 6.92 Å². The summed E-state index contributed by atoms with van der Waals surface area (Å²) in [4.78, 5) is 12.6. The average molecular weight is 390 g/mol. The van der Waals surface area contributed by atoms with Crippen molar-refractivity contribution in [1.29, 1.82) is 0 Å². The van der Waals surface area contributed by atoms with E-state index in [1.165, 1.54) is 3.97 Å². The lowest BCUT2D eigenvalue weighted by atomic mass is 10.1. The van der Waals surface area contributed by atoms with Gasteiger partial charge in [0.2, 0.25) is 0 Å². The molecule has 4 rings (SSSR count). The largest absolute Gasteiger partial charge is 0.322 e. The Labute approximate surface area is 163 Å². The van der Waals surface area contributed by atoms with Crippen molar-refractivity contribution >= 4 is 32.5 Å². The summed E-state index contributed by atoms with van der Waals surface area (Å²) in [7, 11) is -3.69. The third-order valence-corrected chi connectivity index (χ3v) is 6.25. The molecule has 1 heterocycles. The number of nitrogens with one attached hydrogen (secondary N) is 1. The number of anilines is 1. The van der Waals surface area contributed by atoms with Gasteiger partial charge >= 0.3 is 0 Å². The van der Waals surface area contributed by atoms with E-state index < -0.39 is 10.0 Å². The molecule has 140 valence electrons. The molecule has 0 spiro atoms. The van der Waals surface area contributed by atoms with E-state index in [4.69, 9.17) is 0 Å². The SMILES string of the molecule is Cc1cn(S(=O)(=O)c2ccccc2)c2ccc(NC(=O)c3ccccc3)cc12. The number of aromatic nitrogens is 1. The second kappa shape index (κ2) is 6.98. The molecule has 0 aliphatic heterocycles. The summed E-state index contributed by atoms with van der Waals surface area (Å²) < 4.78 is 27.3. The third kappa shape index (κ3) is 3.18. The van der Waals surface area contributed by atoms with Crippen LogP contribution in [-0.4, -0.2) is 18.3 Å². The van der Waals surface area contributed by atoms with Gasteiger partial charge in [-0.05, 0) is 55.0 Å². The maximum Gasteiger partial charge on any atom is 0.268 e. The monoisotopic (exact) mass is 390 g/mol.